The van der Waals surface area contributed by atoms with Crippen molar-refractivity contribution in [2.24, 2.45) is 0 Å². The predicted octanol–water partition coefficient (Wildman–Crippen LogP) is 3.29. The van der Waals surface area contributed by atoms with Crippen LogP contribution in [0.25, 0.3) is 22.9 Å². The third-order valence-corrected chi connectivity index (χ3v) is 4.11. The number of methoxy groups -OCH3 is 2. The highest BCUT2D eigenvalue weighted by Crippen LogP contribution is 2.39. The van der Waals surface area contributed by atoms with Gasteiger partial charge in [-0.2, -0.15) is 9.97 Å². The zero-order chi connectivity index (χ0) is 21.1. The molecule has 0 atom stereocenters. The SMILES string of the molecule is COc1ccccc1Oc1c(N)nc(-c2ccnc(-c3noc(C)n3)c2)nc1OC. The van der Waals surface area contributed by atoms with Gasteiger partial charge in [-0.05, 0) is 24.3 Å². The molecule has 30 heavy (non-hydrogen) atoms. The van der Waals surface area contributed by atoms with Crippen LogP contribution in [0.2, 0.25) is 0 Å². The molecule has 0 aliphatic carbocycles. The smallest absolute Gasteiger partial charge is 0.263 e. The second kappa shape index (κ2) is 8.03. The van der Waals surface area contributed by atoms with Gasteiger partial charge >= 0.3 is 0 Å². The Morgan fingerprint density at radius 2 is 1.73 bits per heavy atom. The fourth-order valence-electron chi connectivity index (χ4n) is 2.72. The van der Waals surface area contributed by atoms with Gasteiger partial charge in [0.1, 0.15) is 5.69 Å². The van der Waals surface area contributed by atoms with Crippen molar-refractivity contribution >= 4 is 5.82 Å². The van der Waals surface area contributed by atoms with Crippen LogP contribution in [-0.4, -0.2) is 39.3 Å². The Hall–Kier alpha value is -4.21. The van der Waals surface area contributed by atoms with E-state index in [-0.39, 0.29) is 17.4 Å². The van der Waals surface area contributed by atoms with E-state index in [0.717, 1.165) is 0 Å². The number of hydrogen-bond donors (Lipinski definition) is 1. The molecule has 0 radical (unpaired) electrons. The van der Waals surface area contributed by atoms with E-state index < -0.39 is 0 Å². The number of nitrogens with zero attached hydrogens (tertiary/aromatic N) is 5. The molecule has 0 bridgehead atoms. The average Bonchev–Trinajstić information content (AvgIpc) is 3.21. The van der Waals surface area contributed by atoms with Gasteiger partial charge < -0.3 is 24.5 Å². The first-order valence-electron chi connectivity index (χ1n) is 8.88. The van der Waals surface area contributed by atoms with Crippen LogP contribution in [0, 0.1) is 6.92 Å². The summed E-state index contributed by atoms with van der Waals surface area (Å²) in [5, 5.41) is 3.88. The fraction of sp³-hybridized carbons (Fsp3) is 0.150. The number of anilines is 1. The third-order valence-electron chi connectivity index (χ3n) is 4.11. The molecule has 0 amide bonds. The molecule has 2 N–H and O–H groups in total. The molecule has 0 saturated heterocycles. The van der Waals surface area contributed by atoms with E-state index in [2.05, 4.69) is 25.1 Å². The summed E-state index contributed by atoms with van der Waals surface area (Å²) in [6.07, 6.45) is 1.60. The van der Waals surface area contributed by atoms with Gasteiger partial charge in [0.25, 0.3) is 5.88 Å². The molecular weight excluding hydrogens is 388 g/mol. The number of nitrogens with two attached hydrogens (primary N) is 1. The Kier molecular flexibility index (Phi) is 5.12. The van der Waals surface area contributed by atoms with E-state index in [1.54, 1.807) is 44.5 Å². The molecule has 152 valence electrons. The van der Waals surface area contributed by atoms with Crippen LogP contribution in [0.5, 0.6) is 23.1 Å². The Morgan fingerprint density at radius 1 is 0.933 bits per heavy atom. The standard InChI is InChI=1S/C20H18N6O4/c1-11-23-19(26-30-11)13-10-12(8-9-22-13)18-24-17(21)16(20(25-18)28-3)29-15-7-5-4-6-14(15)27-2/h4-10H,1-3H3,(H2,21,24,25). The van der Waals surface area contributed by atoms with Crippen LogP contribution in [0.1, 0.15) is 5.89 Å². The van der Waals surface area contributed by atoms with Crippen molar-refractivity contribution in [3.05, 3.63) is 48.5 Å². The van der Waals surface area contributed by atoms with Crippen molar-refractivity contribution in [1.29, 1.82) is 0 Å². The summed E-state index contributed by atoms with van der Waals surface area (Å²) in [5.41, 5.74) is 7.34. The lowest BCUT2D eigenvalue weighted by molar-refractivity contribution is 0.348. The minimum Gasteiger partial charge on any atom is -0.493 e. The van der Waals surface area contributed by atoms with Crippen LogP contribution in [0.4, 0.5) is 5.82 Å². The van der Waals surface area contributed by atoms with Crippen molar-refractivity contribution in [2.45, 2.75) is 6.92 Å². The molecule has 1 aromatic carbocycles. The molecular formula is C20H18N6O4. The van der Waals surface area contributed by atoms with E-state index in [9.17, 15) is 0 Å². The van der Waals surface area contributed by atoms with Crippen molar-refractivity contribution in [3.63, 3.8) is 0 Å². The lowest BCUT2D eigenvalue weighted by Crippen LogP contribution is -2.04. The molecule has 10 nitrogen and oxygen atoms in total. The van der Waals surface area contributed by atoms with Gasteiger partial charge in [-0.15, -0.1) is 0 Å². The van der Waals surface area contributed by atoms with E-state index >= 15 is 0 Å². The average molecular weight is 406 g/mol. The first kappa shape index (κ1) is 19.1. The van der Waals surface area contributed by atoms with Gasteiger partial charge in [-0.1, -0.05) is 17.3 Å². The summed E-state index contributed by atoms with van der Waals surface area (Å²) in [4.78, 5) is 17.3. The lowest BCUT2D eigenvalue weighted by Gasteiger charge is -2.14. The van der Waals surface area contributed by atoms with E-state index in [4.69, 9.17) is 24.5 Å². The largest absolute Gasteiger partial charge is 0.493 e. The predicted molar refractivity (Wildman–Crippen MR) is 107 cm³/mol. The van der Waals surface area contributed by atoms with Crippen LogP contribution in [0.15, 0.2) is 47.1 Å². The van der Waals surface area contributed by atoms with Crippen molar-refractivity contribution in [2.75, 3.05) is 20.0 Å². The molecule has 3 aromatic heterocycles. The number of benzene rings is 1. The Bertz CT molecular complexity index is 1190. The maximum Gasteiger partial charge on any atom is 0.263 e. The quantitative estimate of drug-likeness (QED) is 0.509. The molecule has 0 unspecified atom stereocenters. The van der Waals surface area contributed by atoms with Crippen molar-refractivity contribution in [1.82, 2.24) is 25.1 Å². The maximum atomic E-state index is 6.17. The number of hydrogen-bond acceptors (Lipinski definition) is 10. The second-order valence-corrected chi connectivity index (χ2v) is 6.09. The van der Waals surface area contributed by atoms with Crippen molar-refractivity contribution < 1.29 is 18.7 Å². The van der Waals surface area contributed by atoms with Crippen LogP contribution >= 0.6 is 0 Å². The Balaban J connectivity index is 1.72. The fourth-order valence-corrected chi connectivity index (χ4v) is 2.72. The minimum atomic E-state index is 0.108. The van der Waals surface area contributed by atoms with E-state index in [1.807, 2.05) is 12.1 Å². The van der Waals surface area contributed by atoms with Crippen molar-refractivity contribution in [3.8, 4) is 46.0 Å². The molecule has 0 aliphatic rings. The molecule has 4 rings (SSSR count). The molecule has 3 heterocycles. The number of aromatic nitrogens is 5. The lowest BCUT2D eigenvalue weighted by atomic mass is 10.2. The van der Waals surface area contributed by atoms with Crippen LogP contribution in [0.3, 0.4) is 0 Å². The summed E-state index contributed by atoms with van der Waals surface area (Å²) in [7, 11) is 3.02. The van der Waals surface area contributed by atoms with Gasteiger partial charge in [0.15, 0.2) is 23.1 Å². The van der Waals surface area contributed by atoms with Gasteiger partial charge in [0.05, 0.1) is 14.2 Å². The van der Waals surface area contributed by atoms with Gasteiger partial charge in [-0.25, -0.2) is 4.98 Å². The highest BCUT2D eigenvalue weighted by molar-refractivity contribution is 5.66. The highest BCUT2D eigenvalue weighted by atomic mass is 16.5. The summed E-state index contributed by atoms with van der Waals surface area (Å²) in [5.74, 6) is 2.61. The molecule has 0 aliphatic heterocycles. The normalized spacial score (nSPS) is 10.6. The zero-order valence-corrected chi connectivity index (χ0v) is 16.5. The molecule has 0 spiro atoms. The van der Waals surface area contributed by atoms with E-state index in [1.165, 1.54) is 7.11 Å². The number of para-hydroxylation sites is 2. The number of ether oxygens (including phenoxy) is 3. The molecule has 0 saturated carbocycles. The first-order valence-corrected chi connectivity index (χ1v) is 8.88. The van der Waals surface area contributed by atoms with Gasteiger partial charge in [0, 0.05) is 18.7 Å². The van der Waals surface area contributed by atoms with E-state index in [0.29, 0.717) is 40.3 Å². The number of nitrogen functional groups attached to an aromatic ring is 1. The van der Waals surface area contributed by atoms with Gasteiger partial charge in [0.2, 0.25) is 17.5 Å². The van der Waals surface area contributed by atoms with Crippen LogP contribution in [-0.2, 0) is 0 Å². The first-order chi connectivity index (χ1) is 14.6. The molecule has 0 fully saturated rings. The monoisotopic (exact) mass is 406 g/mol. The number of pyridine rings is 1. The maximum absolute atomic E-state index is 6.17. The van der Waals surface area contributed by atoms with Crippen LogP contribution < -0.4 is 19.9 Å². The topological polar surface area (TPSA) is 131 Å². The summed E-state index contributed by atoms with van der Waals surface area (Å²) in [6.45, 7) is 1.70. The highest BCUT2D eigenvalue weighted by Gasteiger charge is 2.19. The molecule has 10 heteroatoms. The minimum absolute atomic E-state index is 0.108. The molecule has 4 aromatic rings. The third kappa shape index (κ3) is 3.70. The summed E-state index contributed by atoms with van der Waals surface area (Å²) in [6, 6.07) is 10.6. The van der Waals surface area contributed by atoms with Gasteiger partial charge in [-0.3, -0.25) is 4.98 Å². The zero-order valence-electron chi connectivity index (χ0n) is 16.5. The number of aryl methyl sites for hydroxylation is 1. The second-order valence-electron chi connectivity index (χ2n) is 6.09. The number of rotatable bonds is 6. The summed E-state index contributed by atoms with van der Waals surface area (Å²) < 4.78 is 21.6. The summed E-state index contributed by atoms with van der Waals surface area (Å²) >= 11 is 0. The Labute approximate surface area is 171 Å². The Morgan fingerprint density at radius 3 is 2.43 bits per heavy atom.